The normalized spacial score (nSPS) is 20.3. The van der Waals surface area contributed by atoms with E-state index in [0.29, 0.717) is 51.1 Å². The summed E-state index contributed by atoms with van der Waals surface area (Å²) in [4.78, 5) is 14.9. The van der Waals surface area contributed by atoms with Crippen molar-refractivity contribution in [1.29, 1.82) is 0 Å². The van der Waals surface area contributed by atoms with Gasteiger partial charge in [-0.3, -0.25) is 4.79 Å². The SMILES string of the molecule is Cc1cc(Br)ccc1-n1cc(C2(O)CCCN(C(=O)Cc3ccc4c(c3)CCO4)CC2)nn1. The number of aryl methyl sites for hydroxylation is 1. The standard InChI is InChI=1S/C25H27BrN4O3/c1-17-13-20(26)4-5-21(17)30-16-23(27-28-30)25(32)8-2-10-29(11-9-25)24(31)15-18-3-6-22-19(14-18)7-12-33-22/h3-6,13-14,16,32H,2,7-12,15H2,1H3. The number of hydrogen-bond acceptors (Lipinski definition) is 5. The van der Waals surface area contributed by atoms with Gasteiger partial charge in [0.1, 0.15) is 17.0 Å². The number of carbonyl (C=O) groups is 1. The van der Waals surface area contributed by atoms with E-state index in [1.54, 1.807) is 10.9 Å². The van der Waals surface area contributed by atoms with Crippen LogP contribution in [0.25, 0.3) is 5.69 Å². The molecule has 2 aliphatic rings. The number of ether oxygens (including phenoxy) is 1. The lowest BCUT2D eigenvalue weighted by molar-refractivity contribution is -0.130. The molecule has 0 saturated carbocycles. The first-order chi connectivity index (χ1) is 15.9. The Bertz CT molecular complexity index is 1190. The van der Waals surface area contributed by atoms with E-state index in [0.717, 1.165) is 33.5 Å². The highest BCUT2D eigenvalue weighted by atomic mass is 79.9. The monoisotopic (exact) mass is 510 g/mol. The summed E-state index contributed by atoms with van der Waals surface area (Å²) < 4.78 is 8.27. The first-order valence-electron chi connectivity index (χ1n) is 11.4. The highest BCUT2D eigenvalue weighted by molar-refractivity contribution is 9.10. The molecule has 1 fully saturated rings. The van der Waals surface area contributed by atoms with E-state index in [9.17, 15) is 9.90 Å². The van der Waals surface area contributed by atoms with Crippen LogP contribution in [-0.2, 0) is 23.2 Å². The van der Waals surface area contributed by atoms with Crippen LogP contribution in [0.4, 0.5) is 0 Å². The Labute approximate surface area is 201 Å². The maximum Gasteiger partial charge on any atom is 0.226 e. The van der Waals surface area contributed by atoms with Gasteiger partial charge in [0.25, 0.3) is 0 Å². The minimum Gasteiger partial charge on any atom is -0.493 e. The zero-order chi connectivity index (χ0) is 23.0. The number of fused-ring (bicyclic) bond motifs is 1. The summed E-state index contributed by atoms with van der Waals surface area (Å²) in [7, 11) is 0. The zero-order valence-electron chi connectivity index (χ0n) is 18.6. The summed E-state index contributed by atoms with van der Waals surface area (Å²) in [5.74, 6) is 1.02. The van der Waals surface area contributed by atoms with Gasteiger partial charge < -0.3 is 14.7 Å². The molecule has 1 unspecified atom stereocenters. The van der Waals surface area contributed by atoms with Crippen molar-refractivity contribution >= 4 is 21.8 Å². The minimum absolute atomic E-state index is 0.0901. The molecular formula is C25H27BrN4O3. The third-order valence-electron chi connectivity index (χ3n) is 6.65. The van der Waals surface area contributed by atoms with Crippen molar-refractivity contribution in [1.82, 2.24) is 19.9 Å². The number of benzene rings is 2. The van der Waals surface area contributed by atoms with Gasteiger partial charge in [0.2, 0.25) is 5.91 Å². The molecule has 8 heteroatoms. The minimum atomic E-state index is -1.10. The van der Waals surface area contributed by atoms with Gasteiger partial charge in [-0.05, 0) is 67.1 Å². The zero-order valence-corrected chi connectivity index (χ0v) is 20.2. The van der Waals surface area contributed by atoms with Crippen molar-refractivity contribution in [2.24, 2.45) is 0 Å². The maximum absolute atomic E-state index is 13.0. The Morgan fingerprint density at radius 3 is 2.94 bits per heavy atom. The molecule has 172 valence electrons. The maximum atomic E-state index is 13.0. The molecule has 1 aromatic heterocycles. The molecule has 3 heterocycles. The summed E-state index contributed by atoms with van der Waals surface area (Å²) in [6.07, 6.45) is 4.77. The number of hydrogen-bond donors (Lipinski definition) is 1. The van der Waals surface area contributed by atoms with E-state index < -0.39 is 5.60 Å². The van der Waals surface area contributed by atoms with Crippen molar-refractivity contribution in [3.8, 4) is 11.4 Å². The van der Waals surface area contributed by atoms with Crippen LogP contribution >= 0.6 is 15.9 Å². The summed E-state index contributed by atoms with van der Waals surface area (Å²) >= 11 is 3.48. The Morgan fingerprint density at radius 1 is 1.21 bits per heavy atom. The highest BCUT2D eigenvalue weighted by Crippen LogP contribution is 2.33. The second-order valence-electron chi connectivity index (χ2n) is 8.96. The fraction of sp³-hybridized carbons (Fsp3) is 0.400. The molecule has 7 nitrogen and oxygen atoms in total. The summed E-state index contributed by atoms with van der Waals surface area (Å²) in [5.41, 5.74) is 3.62. The number of aromatic nitrogens is 3. The van der Waals surface area contributed by atoms with Crippen LogP contribution < -0.4 is 4.74 Å². The van der Waals surface area contributed by atoms with E-state index in [1.807, 2.05) is 42.2 Å². The summed E-state index contributed by atoms with van der Waals surface area (Å²) in [5, 5.41) is 20.0. The molecular weight excluding hydrogens is 484 g/mol. The average molecular weight is 511 g/mol. The molecule has 33 heavy (non-hydrogen) atoms. The van der Waals surface area contributed by atoms with Gasteiger partial charge >= 0.3 is 0 Å². The summed E-state index contributed by atoms with van der Waals surface area (Å²) in [6, 6.07) is 12.0. The number of rotatable bonds is 4. The van der Waals surface area contributed by atoms with E-state index in [1.165, 1.54) is 5.56 Å². The van der Waals surface area contributed by atoms with Crippen LogP contribution in [0, 0.1) is 6.92 Å². The van der Waals surface area contributed by atoms with Gasteiger partial charge in [0.05, 0.1) is 24.9 Å². The summed E-state index contributed by atoms with van der Waals surface area (Å²) in [6.45, 7) is 3.85. The van der Waals surface area contributed by atoms with Crippen LogP contribution in [0.2, 0.25) is 0 Å². The van der Waals surface area contributed by atoms with Crippen LogP contribution in [0.5, 0.6) is 5.75 Å². The number of amides is 1. The molecule has 1 amide bonds. The quantitative estimate of drug-likeness (QED) is 0.578. The molecule has 3 aromatic rings. The topological polar surface area (TPSA) is 80.5 Å². The Balaban J connectivity index is 1.26. The van der Waals surface area contributed by atoms with Gasteiger partial charge in [0, 0.05) is 24.0 Å². The number of carbonyl (C=O) groups excluding carboxylic acids is 1. The average Bonchev–Trinajstić information content (AvgIpc) is 3.41. The first kappa shape index (κ1) is 22.1. The smallest absolute Gasteiger partial charge is 0.226 e. The van der Waals surface area contributed by atoms with E-state index >= 15 is 0 Å². The third kappa shape index (κ3) is 4.54. The van der Waals surface area contributed by atoms with Gasteiger partial charge in [-0.25, -0.2) is 4.68 Å². The second-order valence-corrected chi connectivity index (χ2v) is 9.88. The van der Waals surface area contributed by atoms with Crippen molar-refractivity contribution < 1.29 is 14.6 Å². The molecule has 2 aromatic carbocycles. The lowest BCUT2D eigenvalue weighted by Crippen LogP contribution is -2.34. The number of likely N-dealkylation sites (tertiary alicyclic amines) is 1. The fourth-order valence-electron chi connectivity index (χ4n) is 4.73. The van der Waals surface area contributed by atoms with Crippen LogP contribution in [0.15, 0.2) is 47.1 Å². The molecule has 2 aliphatic heterocycles. The van der Waals surface area contributed by atoms with E-state index in [2.05, 4.69) is 32.3 Å². The predicted octanol–water partition coefficient (Wildman–Crippen LogP) is 3.72. The molecule has 0 spiro atoms. The van der Waals surface area contributed by atoms with Crippen molar-refractivity contribution in [3.63, 3.8) is 0 Å². The fourth-order valence-corrected chi connectivity index (χ4v) is 5.21. The van der Waals surface area contributed by atoms with Crippen LogP contribution in [-0.4, -0.2) is 50.6 Å². The van der Waals surface area contributed by atoms with Gasteiger partial charge in [-0.1, -0.05) is 33.3 Å². The number of nitrogens with zero attached hydrogens (tertiary/aromatic N) is 4. The van der Waals surface area contributed by atoms with Crippen LogP contribution in [0.3, 0.4) is 0 Å². The van der Waals surface area contributed by atoms with Crippen molar-refractivity contribution in [2.45, 2.75) is 44.6 Å². The van der Waals surface area contributed by atoms with E-state index in [4.69, 9.17) is 4.74 Å². The molecule has 1 atom stereocenters. The molecule has 5 rings (SSSR count). The number of aliphatic hydroxyl groups is 1. The Hall–Kier alpha value is -2.71. The van der Waals surface area contributed by atoms with Crippen LogP contribution in [0.1, 0.15) is 41.6 Å². The van der Waals surface area contributed by atoms with Gasteiger partial charge in [-0.15, -0.1) is 5.10 Å². The molecule has 0 bridgehead atoms. The molecule has 0 radical (unpaired) electrons. The van der Waals surface area contributed by atoms with E-state index in [-0.39, 0.29) is 5.91 Å². The predicted molar refractivity (Wildman–Crippen MR) is 127 cm³/mol. The van der Waals surface area contributed by atoms with Gasteiger partial charge in [0.15, 0.2) is 0 Å². The Morgan fingerprint density at radius 2 is 2.09 bits per heavy atom. The van der Waals surface area contributed by atoms with Crippen molar-refractivity contribution in [2.75, 3.05) is 19.7 Å². The highest BCUT2D eigenvalue weighted by Gasteiger charge is 2.36. The third-order valence-corrected chi connectivity index (χ3v) is 7.14. The first-order valence-corrected chi connectivity index (χ1v) is 12.1. The molecule has 0 aliphatic carbocycles. The molecule has 1 saturated heterocycles. The Kier molecular flexibility index (Phi) is 5.97. The second kappa shape index (κ2) is 8.91. The lowest BCUT2D eigenvalue weighted by atomic mass is 9.92. The largest absolute Gasteiger partial charge is 0.493 e. The van der Waals surface area contributed by atoms with Crippen molar-refractivity contribution in [3.05, 3.63) is 69.5 Å². The van der Waals surface area contributed by atoms with Gasteiger partial charge in [-0.2, -0.15) is 0 Å². The number of halogens is 1. The molecule has 1 N–H and O–H groups in total. The lowest BCUT2D eigenvalue weighted by Gasteiger charge is -2.24.